The fourth-order valence-electron chi connectivity index (χ4n) is 4.16. The van der Waals surface area contributed by atoms with Gasteiger partial charge in [0.25, 0.3) is 5.91 Å². The Bertz CT molecular complexity index is 1790. The van der Waals surface area contributed by atoms with Gasteiger partial charge in [0.2, 0.25) is 0 Å². The first-order chi connectivity index (χ1) is 18.8. The van der Waals surface area contributed by atoms with Crippen LogP contribution in [0.5, 0.6) is 11.8 Å². The zero-order chi connectivity index (χ0) is 27.7. The number of aryl methyl sites for hydroxylation is 1. The lowest BCUT2D eigenvalue weighted by Crippen LogP contribution is -2.11. The fraction of sp³-hybridized carbons (Fsp3) is 0.0714. The van der Waals surface area contributed by atoms with Crippen LogP contribution in [0.2, 0.25) is 0 Å². The molecule has 0 saturated heterocycles. The number of hydrogen-bond acceptors (Lipinski definition) is 8. The van der Waals surface area contributed by atoms with Crippen LogP contribution in [0.1, 0.15) is 12.5 Å². The first-order valence-electron chi connectivity index (χ1n) is 11.6. The highest BCUT2D eigenvalue weighted by Crippen LogP contribution is 2.43. The van der Waals surface area contributed by atoms with Crippen LogP contribution in [0.3, 0.4) is 0 Å². The van der Waals surface area contributed by atoms with Crippen LogP contribution in [0.25, 0.3) is 33.4 Å². The molecule has 2 aromatic carbocycles. The van der Waals surface area contributed by atoms with E-state index in [1.54, 1.807) is 37.3 Å². The van der Waals surface area contributed by atoms with Crippen LogP contribution >= 0.6 is 0 Å². The highest BCUT2D eigenvalue weighted by atomic mass is 19.1. The number of carbonyl (C=O) groups excluding carboxylic acids is 1. The summed E-state index contributed by atoms with van der Waals surface area (Å²) in [7, 11) is 1.86. The van der Waals surface area contributed by atoms with E-state index in [2.05, 4.69) is 37.9 Å². The SMILES string of the molecule is C=C(C)C(=O)Nc1ccc(-c2c(-c3ccc(Oc4ncc(F)cn4)c(C#N)c3)c3c(N)ncnc3n2C)cc1. The molecule has 1 amide bonds. The molecule has 192 valence electrons. The third-order valence-electron chi connectivity index (χ3n) is 5.99. The summed E-state index contributed by atoms with van der Waals surface area (Å²) in [6.45, 7) is 5.29. The van der Waals surface area contributed by atoms with Gasteiger partial charge in [0.1, 0.15) is 29.6 Å². The summed E-state index contributed by atoms with van der Waals surface area (Å²) in [5.74, 6) is -0.390. The average molecular weight is 521 g/mol. The standard InChI is InChI=1S/C28H21FN8O2/c1-15(2)27(38)36-20-7-4-16(5-8-20)24-22(23-25(31)34-14-35-26(23)37(24)3)17-6-9-21(18(10-17)11-30)39-28-32-12-19(29)13-33-28/h4-10,12-14H,1H2,2-3H3,(H,36,38)(H2,31,34,35). The Labute approximate surface area is 222 Å². The molecule has 3 heterocycles. The van der Waals surface area contributed by atoms with E-state index in [1.165, 1.54) is 6.33 Å². The van der Waals surface area contributed by atoms with E-state index in [4.69, 9.17) is 10.5 Å². The van der Waals surface area contributed by atoms with Crippen molar-refractivity contribution in [2.75, 3.05) is 11.1 Å². The van der Waals surface area contributed by atoms with Crippen LogP contribution in [0.4, 0.5) is 15.9 Å². The molecule has 10 nitrogen and oxygen atoms in total. The minimum absolute atomic E-state index is 0.0945. The number of halogens is 1. The van der Waals surface area contributed by atoms with Crippen molar-refractivity contribution in [2.45, 2.75) is 6.92 Å². The summed E-state index contributed by atoms with van der Waals surface area (Å²) in [5, 5.41) is 13.3. The van der Waals surface area contributed by atoms with E-state index in [0.29, 0.717) is 33.4 Å². The first-order valence-corrected chi connectivity index (χ1v) is 11.6. The molecule has 0 aliphatic carbocycles. The van der Waals surface area contributed by atoms with Gasteiger partial charge in [-0.1, -0.05) is 24.8 Å². The largest absolute Gasteiger partial charge is 0.423 e. The maximum Gasteiger partial charge on any atom is 0.322 e. The molecule has 0 aliphatic rings. The van der Waals surface area contributed by atoms with Crippen LogP contribution in [-0.2, 0) is 11.8 Å². The number of ether oxygens (including phenoxy) is 1. The van der Waals surface area contributed by atoms with Gasteiger partial charge in [-0.3, -0.25) is 4.79 Å². The number of benzene rings is 2. The van der Waals surface area contributed by atoms with Crippen molar-refractivity contribution in [1.29, 1.82) is 5.26 Å². The van der Waals surface area contributed by atoms with Gasteiger partial charge in [-0.05, 0) is 42.3 Å². The van der Waals surface area contributed by atoms with Crippen LogP contribution in [-0.4, -0.2) is 30.4 Å². The first kappa shape index (κ1) is 25.0. The van der Waals surface area contributed by atoms with E-state index in [1.807, 2.05) is 23.7 Å². The number of carbonyl (C=O) groups is 1. The molecule has 11 heteroatoms. The number of nitrogen functional groups attached to an aromatic ring is 1. The number of nitriles is 1. The zero-order valence-corrected chi connectivity index (χ0v) is 20.9. The predicted molar refractivity (Wildman–Crippen MR) is 144 cm³/mol. The molecule has 5 rings (SSSR count). The van der Waals surface area contributed by atoms with Crippen molar-refractivity contribution < 1.29 is 13.9 Å². The van der Waals surface area contributed by atoms with Crippen molar-refractivity contribution >= 4 is 28.4 Å². The second kappa shape index (κ2) is 10.0. The molecule has 0 bridgehead atoms. The number of fused-ring (bicyclic) bond motifs is 1. The molecule has 0 unspecified atom stereocenters. The average Bonchev–Trinajstić information content (AvgIpc) is 3.24. The van der Waals surface area contributed by atoms with Gasteiger partial charge >= 0.3 is 6.01 Å². The molecule has 0 atom stereocenters. The molecule has 0 saturated carbocycles. The number of anilines is 2. The van der Waals surface area contributed by atoms with Gasteiger partial charge in [-0.25, -0.2) is 24.3 Å². The lowest BCUT2D eigenvalue weighted by Gasteiger charge is -2.12. The van der Waals surface area contributed by atoms with Gasteiger partial charge in [0, 0.05) is 23.9 Å². The Morgan fingerprint density at radius 3 is 2.46 bits per heavy atom. The lowest BCUT2D eigenvalue weighted by atomic mass is 9.97. The number of amides is 1. The quantitative estimate of drug-likeness (QED) is 0.298. The number of hydrogen-bond donors (Lipinski definition) is 2. The lowest BCUT2D eigenvalue weighted by molar-refractivity contribution is -0.112. The minimum Gasteiger partial charge on any atom is -0.423 e. The number of rotatable bonds is 6. The third kappa shape index (κ3) is 4.74. The molecule has 3 aromatic heterocycles. The summed E-state index contributed by atoms with van der Waals surface area (Å²) < 4.78 is 20.7. The Morgan fingerprint density at radius 1 is 1.10 bits per heavy atom. The van der Waals surface area contributed by atoms with Crippen LogP contribution in [0, 0.1) is 17.1 Å². The van der Waals surface area contributed by atoms with Crippen LogP contribution in [0.15, 0.2) is 73.3 Å². The molecule has 0 radical (unpaired) electrons. The summed E-state index contributed by atoms with van der Waals surface area (Å²) in [6.07, 6.45) is 3.34. The summed E-state index contributed by atoms with van der Waals surface area (Å²) >= 11 is 0. The third-order valence-corrected chi connectivity index (χ3v) is 5.99. The Balaban J connectivity index is 1.63. The van der Waals surface area contributed by atoms with E-state index in [9.17, 15) is 14.4 Å². The van der Waals surface area contributed by atoms with Gasteiger partial charge in [0.05, 0.1) is 29.0 Å². The molecule has 0 fully saturated rings. The van der Waals surface area contributed by atoms with E-state index >= 15 is 0 Å². The summed E-state index contributed by atoms with van der Waals surface area (Å²) in [4.78, 5) is 28.2. The van der Waals surface area contributed by atoms with E-state index < -0.39 is 5.82 Å². The molecule has 5 aromatic rings. The highest BCUT2D eigenvalue weighted by Gasteiger charge is 2.23. The molecular formula is C28H21FN8O2. The van der Waals surface area contributed by atoms with E-state index in [0.717, 1.165) is 23.7 Å². The molecule has 0 spiro atoms. The second-order valence-corrected chi connectivity index (χ2v) is 8.66. The molecule has 39 heavy (non-hydrogen) atoms. The Morgan fingerprint density at radius 2 is 1.79 bits per heavy atom. The summed E-state index contributed by atoms with van der Waals surface area (Å²) in [6, 6.07) is 14.4. The molecular weight excluding hydrogens is 499 g/mol. The van der Waals surface area contributed by atoms with Crippen LogP contribution < -0.4 is 15.8 Å². The Kier molecular flexibility index (Phi) is 6.44. The molecule has 0 aliphatic heterocycles. The maximum absolute atomic E-state index is 13.2. The van der Waals surface area contributed by atoms with Crippen molar-refractivity contribution in [1.82, 2.24) is 24.5 Å². The maximum atomic E-state index is 13.2. The van der Waals surface area contributed by atoms with Gasteiger partial charge in [-0.2, -0.15) is 5.26 Å². The van der Waals surface area contributed by atoms with Gasteiger partial charge in [0.15, 0.2) is 5.82 Å². The van der Waals surface area contributed by atoms with Crippen molar-refractivity contribution in [3.05, 3.63) is 84.7 Å². The van der Waals surface area contributed by atoms with Gasteiger partial charge < -0.3 is 20.4 Å². The number of nitrogens with two attached hydrogens (primary N) is 1. The van der Waals surface area contributed by atoms with Gasteiger partial charge in [-0.15, -0.1) is 0 Å². The monoisotopic (exact) mass is 520 g/mol. The Hall–Kier alpha value is -5.63. The number of aromatic nitrogens is 5. The zero-order valence-electron chi connectivity index (χ0n) is 20.9. The normalized spacial score (nSPS) is 10.7. The van der Waals surface area contributed by atoms with Crippen molar-refractivity contribution in [2.24, 2.45) is 7.05 Å². The smallest absolute Gasteiger partial charge is 0.322 e. The second-order valence-electron chi connectivity index (χ2n) is 8.66. The number of nitrogens with zero attached hydrogens (tertiary/aromatic N) is 6. The predicted octanol–water partition coefficient (Wildman–Crippen LogP) is 4.99. The topological polar surface area (TPSA) is 145 Å². The summed E-state index contributed by atoms with van der Waals surface area (Å²) in [5.41, 5.74) is 11.1. The highest BCUT2D eigenvalue weighted by molar-refractivity contribution is 6.08. The fourth-order valence-corrected chi connectivity index (χ4v) is 4.16. The number of nitrogens with one attached hydrogen (secondary N) is 1. The van der Waals surface area contributed by atoms with Crippen molar-refractivity contribution in [3.8, 4) is 40.2 Å². The van der Waals surface area contributed by atoms with Crippen molar-refractivity contribution in [3.63, 3.8) is 0 Å². The van der Waals surface area contributed by atoms with E-state index in [-0.39, 0.29) is 29.0 Å². The molecule has 3 N–H and O–H groups in total. The minimum atomic E-state index is -0.604.